The van der Waals surface area contributed by atoms with Gasteiger partial charge in [-0.1, -0.05) is 0 Å². The highest BCUT2D eigenvalue weighted by Crippen LogP contribution is 2.23. The first-order chi connectivity index (χ1) is 11.0. The number of ether oxygens (including phenoxy) is 2. The lowest BCUT2D eigenvalue weighted by Gasteiger charge is -2.08. The van der Waals surface area contributed by atoms with Gasteiger partial charge >= 0.3 is 5.97 Å². The van der Waals surface area contributed by atoms with Crippen LogP contribution >= 0.6 is 0 Å². The number of esters is 1. The molecular formula is C17H28N2O4. The molecule has 0 radical (unpaired) electrons. The van der Waals surface area contributed by atoms with Gasteiger partial charge < -0.3 is 19.4 Å². The summed E-state index contributed by atoms with van der Waals surface area (Å²) in [6.07, 6.45) is 0.761. The maximum Gasteiger partial charge on any atom is 0.355 e. The van der Waals surface area contributed by atoms with E-state index in [4.69, 9.17) is 9.47 Å². The van der Waals surface area contributed by atoms with Crippen molar-refractivity contribution in [3.05, 3.63) is 22.5 Å². The van der Waals surface area contributed by atoms with E-state index in [0.29, 0.717) is 49.7 Å². The molecule has 0 aromatic carbocycles. The fraction of sp³-hybridized carbons (Fsp3) is 0.647. The van der Waals surface area contributed by atoms with Crippen molar-refractivity contribution < 1.29 is 19.1 Å². The van der Waals surface area contributed by atoms with Gasteiger partial charge in [0.2, 0.25) is 0 Å². The molecule has 0 spiro atoms. The van der Waals surface area contributed by atoms with Gasteiger partial charge in [-0.25, -0.2) is 4.79 Å². The number of amides is 1. The Labute approximate surface area is 138 Å². The molecule has 1 aromatic rings. The maximum absolute atomic E-state index is 12.5. The van der Waals surface area contributed by atoms with Crippen LogP contribution in [0.1, 0.15) is 59.3 Å². The highest BCUT2D eigenvalue weighted by atomic mass is 16.5. The van der Waals surface area contributed by atoms with E-state index in [-0.39, 0.29) is 11.9 Å². The van der Waals surface area contributed by atoms with Gasteiger partial charge in [-0.05, 0) is 46.6 Å². The van der Waals surface area contributed by atoms with Gasteiger partial charge in [0.05, 0.1) is 12.2 Å². The summed E-state index contributed by atoms with van der Waals surface area (Å²) in [5.74, 6) is -0.542. The fourth-order valence-electron chi connectivity index (χ4n) is 2.70. The molecule has 6 nitrogen and oxygen atoms in total. The maximum atomic E-state index is 12.5. The Balaban J connectivity index is 2.94. The van der Waals surface area contributed by atoms with Crippen LogP contribution in [0.2, 0.25) is 0 Å². The summed E-state index contributed by atoms with van der Waals surface area (Å²) >= 11 is 0. The first-order valence-corrected chi connectivity index (χ1v) is 8.22. The Bertz CT molecular complexity index is 549. The van der Waals surface area contributed by atoms with Crippen LogP contribution in [-0.2, 0) is 16.0 Å². The van der Waals surface area contributed by atoms with Gasteiger partial charge in [0.15, 0.2) is 0 Å². The molecule has 23 heavy (non-hydrogen) atoms. The molecule has 0 unspecified atom stereocenters. The minimum absolute atomic E-state index is 0.158. The molecule has 1 heterocycles. The molecule has 0 bridgehead atoms. The van der Waals surface area contributed by atoms with Crippen molar-refractivity contribution in [2.24, 2.45) is 0 Å². The van der Waals surface area contributed by atoms with E-state index in [9.17, 15) is 9.59 Å². The summed E-state index contributed by atoms with van der Waals surface area (Å²) in [6.45, 7) is 12.1. The molecule has 0 atom stereocenters. The number of rotatable bonds is 9. The van der Waals surface area contributed by atoms with E-state index in [1.165, 1.54) is 0 Å². The Morgan fingerprint density at radius 1 is 1.13 bits per heavy atom. The lowest BCUT2D eigenvalue weighted by molar-refractivity contribution is 0.0512. The van der Waals surface area contributed by atoms with Gasteiger partial charge in [-0.2, -0.15) is 0 Å². The summed E-state index contributed by atoms with van der Waals surface area (Å²) in [4.78, 5) is 24.6. The monoisotopic (exact) mass is 324 g/mol. The molecule has 1 N–H and O–H groups in total. The second-order valence-electron chi connectivity index (χ2n) is 5.21. The van der Waals surface area contributed by atoms with Crippen LogP contribution in [0.25, 0.3) is 0 Å². The molecular weight excluding hydrogens is 296 g/mol. The zero-order valence-electron chi connectivity index (χ0n) is 14.8. The zero-order chi connectivity index (χ0) is 17.4. The van der Waals surface area contributed by atoms with Crippen molar-refractivity contribution in [3.63, 3.8) is 0 Å². The van der Waals surface area contributed by atoms with Crippen LogP contribution < -0.4 is 5.32 Å². The van der Waals surface area contributed by atoms with Crippen molar-refractivity contribution in [2.45, 2.75) is 47.6 Å². The molecule has 1 amide bonds. The summed E-state index contributed by atoms with van der Waals surface area (Å²) in [7, 11) is 0. The molecule has 0 aliphatic rings. The SMILES string of the molecule is CCOCCCNC(=O)c1c(C)c(C(=O)OCC)n(CC)c1C. The third-order valence-corrected chi connectivity index (χ3v) is 3.73. The number of nitrogens with one attached hydrogen (secondary N) is 1. The number of hydrogen-bond acceptors (Lipinski definition) is 4. The number of carbonyl (C=O) groups is 2. The van der Waals surface area contributed by atoms with Crippen LogP contribution in [0.15, 0.2) is 0 Å². The Morgan fingerprint density at radius 2 is 1.83 bits per heavy atom. The van der Waals surface area contributed by atoms with E-state index >= 15 is 0 Å². The topological polar surface area (TPSA) is 69.6 Å². The molecule has 0 saturated heterocycles. The predicted octanol–water partition coefficient (Wildman–Crippen LogP) is 2.46. The van der Waals surface area contributed by atoms with Crippen LogP contribution in [0.4, 0.5) is 0 Å². The largest absolute Gasteiger partial charge is 0.461 e. The summed E-state index contributed by atoms with van der Waals surface area (Å²) in [6, 6.07) is 0. The van der Waals surface area contributed by atoms with Crippen molar-refractivity contribution in [1.82, 2.24) is 9.88 Å². The minimum Gasteiger partial charge on any atom is -0.461 e. The number of aromatic nitrogens is 1. The average molecular weight is 324 g/mol. The lowest BCUT2D eigenvalue weighted by atomic mass is 10.1. The predicted molar refractivity (Wildman–Crippen MR) is 89.0 cm³/mol. The van der Waals surface area contributed by atoms with E-state index in [1.54, 1.807) is 13.8 Å². The number of carbonyl (C=O) groups excluding carboxylic acids is 2. The van der Waals surface area contributed by atoms with Gasteiger partial charge in [-0.15, -0.1) is 0 Å². The van der Waals surface area contributed by atoms with Crippen LogP contribution in [0.3, 0.4) is 0 Å². The van der Waals surface area contributed by atoms with Gasteiger partial charge in [0.25, 0.3) is 5.91 Å². The second-order valence-corrected chi connectivity index (χ2v) is 5.21. The lowest BCUT2D eigenvalue weighted by Crippen LogP contribution is -2.26. The van der Waals surface area contributed by atoms with E-state index in [2.05, 4.69) is 5.32 Å². The van der Waals surface area contributed by atoms with Gasteiger partial charge in [-0.3, -0.25) is 4.79 Å². The third kappa shape index (κ3) is 4.58. The smallest absolute Gasteiger partial charge is 0.355 e. The fourth-order valence-corrected chi connectivity index (χ4v) is 2.70. The van der Waals surface area contributed by atoms with Crippen molar-refractivity contribution in [2.75, 3.05) is 26.4 Å². The summed E-state index contributed by atoms with van der Waals surface area (Å²) in [5.41, 5.74) is 2.48. The zero-order valence-corrected chi connectivity index (χ0v) is 14.8. The van der Waals surface area contributed by atoms with E-state index < -0.39 is 0 Å². The molecule has 130 valence electrons. The highest BCUT2D eigenvalue weighted by molar-refractivity contribution is 6.01. The third-order valence-electron chi connectivity index (χ3n) is 3.73. The van der Waals surface area contributed by atoms with Crippen LogP contribution in [-0.4, -0.2) is 42.8 Å². The molecule has 0 aliphatic heterocycles. The molecule has 0 aliphatic carbocycles. The van der Waals surface area contributed by atoms with E-state index in [0.717, 1.165) is 12.1 Å². The molecule has 1 rings (SSSR count). The minimum atomic E-state index is -0.384. The summed E-state index contributed by atoms with van der Waals surface area (Å²) < 4.78 is 12.2. The average Bonchev–Trinajstić information content (AvgIpc) is 2.77. The van der Waals surface area contributed by atoms with Gasteiger partial charge in [0.1, 0.15) is 5.69 Å². The van der Waals surface area contributed by atoms with Crippen molar-refractivity contribution >= 4 is 11.9 Å². The number of hydrogen-bond donors (Lipinski definition) is 1. The normalized spacial score (nSPS) is 10.7. The molecule has 6 heteroatoms. The standard InChI is InChI=1S/C17H28N2O4/c1-6-19-13(5)14(12(4)15(19)17(21)23-8-3)16(20)18-10-9-11-22-7-2/h6-11H2,1-5H3,(H,18,20). The second kappa shape index (κ2) is 9.35. The first kappa shape index (κ1) is 19.2. The van der Waals surface area contributed by atoms with Crippen molar-refractivity contribution in [3.8, 4) is 0 Å². The van der Waals surface area contributed by atoms with E-state index in [1.807, 2.05) is 25.3 Å². The van der Waals surface area contributed by atoms with Crippen molar-refractivity contribution in [1.29, 1.82) is 0 Å². The highest BCUT2D eigenvalue weighted by Gasteiger charge is 2.26. The molecule has 0 fully saturated rings. The van der Waals surface area contributed by atoms with Crippen LogP contribution in [0.5, 0.6) is 0 Å². The van der Waals surface area contributed by atoms with Crippen LogP contribution in [0, 0.1) is 13.8 Å². The Hall–Kier alpha value is -1.82. The number of nitrogens with zero attached hydrogens (tertiary/aromatic N) is 1. The first-order valence-electron chi connectivity index (χ1n) is 8.22. The quantitative estimate of drug-likeness (QED) is 0.559. The summed E-state index contributed by atoms with van der Waals surface area (Å²) in [5, 5.41) is 2.89. The Kier molecular flexibility index (Phi) is 7.81. The Morgan fingerprint density at radius 3 is 2.39 bits per heavy atom. The molecule has 0 saturated carbocycles. The van der Waals surface area contributed by atoms with Gasteiger partial charge in [0, 0.05) is 32.0 Å². The molecule has 1 aromatic heterocycles.